The fourth-order valence-electron chi connectivity index (χ4n) is 1.65. The predicted octanol–water partition coefficient (Wildman–Crippen LogP) is 1.99. The molecule has 1 unspecified atom stereocenters. The van der Waals surface area contributed by atoms with E-state index >= 15 is 0 Å². The van der Waals surface area contributed by atoms with Crippen molar-refractivity contribution < 1.29 is 19.4 Å². The van der Waals surface area contributed by atoms with E-state index in [-0.39, 0.29) is 0 Å². The van der Waals surface area contributed by atoms with Crippen molar-refractivity contribution in [3.8, 4) is 11.5 Å². The Morgan fingerprint density at radius 3 is 2.71 bits per heavy atom. The van der Waals surface area contributed by atoms with Crippen LogP contribution in [-0.4, -0.2) is 30.3 Å². The van der Waals surface area contributed by atoms with E-state index in [4.69, 9.17) is 20.3 Å². The van der Waals surface area contributed by atoms with Crippen LogP contribution in [0, 0.1) is 0 Å². The minimum atomic E-state index is -1.12. The summed E-state index contributed by atoms with van der Waals surface area (Å²) in [5.41, 5.74) is 6.57. The average molecular weight is 309 g/mol. The van der Waals surface area contributed by atoms with Gasteiger partial charge in [0.2, 0.25) is 0 Å². The molecule has 1 atom stereocenters. The van der Waals surface area contributed by atoms with Crippen LogP contribution < -0.4 is 20.5 Å². The summed E-state index contributed by atoms with van der Waals surface area (Å²) in [7, 11) is 3.11. The first-order chi connectivity index (χ1) is 10.0. The maximum Gasteiger partial charge on any atom is 0.326 e. The number of carboxylic acids is 1. The Labute approximate surface area is 125 Å². The molecular weight excluding hydrogens is 294 g/mol. The van der Waals surface area contributed by atoms with Crippen LogP contribution in [0.25, 0.3) is 0 Å². The Bertz CT molecular complexity index is 644. The van der Waals surface area contributed by atoms with Crippen LogP contribution in [-0.2, 0) is 4.79 Å². The number of thiazole rings is 1. The molecule has 0 aliphatic carbocycles. The summed E-state index contributed by atoms with van der Waals surface area (Å²) in [6.45, 7) is 0. The highest BCUT2D eigenvalue weighted by molar-refractivity contribution is 7.13. The van der Waals surface area contributed by atoms with Gasteiger partial charge in [0, 0.05) is 17.1 Å². The minimum absolute atomic E-state index is 0.315. The predicted molar refractivity (Wildman–Crippen MR) is 79.5 cm³/mol. The summed E-state index contributed by atoms with van der Waals surface area (Å²) in [4.78, 5) is 15.0. The third-order valence-corrected chi connectivity index (χ3v) is 3.52. The molecule has 0 saturated carbocycles. The summed E-state index contributed by atoms with van der Waals surface area (Å²) in [5.74, 6) is 0.0928. The lowest BCUT2D eigenvalue weighted by Gasteiger charge is -2.09. The van der Waals surface area contributed by atoms with Gasteiger partial charge in [0.05, 0.1) is 19.9 Å². The molecule has 21 heavy (non-hydrogen) atoms. The molecule has 0 spiro atoms. The number of carboxylic acid groups (broad SMARTS) is 1. The number of anilines is 2. The van der Waals surface area contributed by atoms with Crippen molar-refractivity contribution in [1.82, 2.24) is 4.98 Å². The van der Waals surface area contributed by atoms with Crippen LogP contribution in [0.1, 0.15) is 11.7 Å². The van der Waals surface area contributed by atoms with Crippen molar-refractivity contribution in [2.45, 2.75) is 6.04 Å². The molecule has 1 aromatic heterocycles. The van der Waals surface area contributed by atoms with Crippen molar-refractivity contribution in [3.63, 3.8) is 0 Å². The van der Waals surface area contributed by atoms with Crippen molar-refractivity contribution in [1.29, 1.82) is 0 Å². The third kappa shape index (κ3) is 3.41. The molecule has 1 aromatic carbocycles. The number of methoxy groups -OCH3 is 2. The monoisotopic (exact) mass is 309 g/mol. The summed E-state index contributed by atoms with van der Waals surface area (Å²) < 4.78 is 10.4. The Morgan fingerprint density at radius 1 is 1.38 bits per heavy atom. The van der Waals surface area contributed by atoms with Gasteiger partial charge in [0.25, 0.3) is 0 Å². The molecule has 2 aromatic rings. The van der Waals surface area contributed by atoms with Crippen LogP contribution >= 0.6 is 11.3 Å². The first-order valence-corrected chi connectivity index (χ1v) is 6.86. The summed E-state index contributed by atoms with van der Waals surface area (Å²) >= 11 is 1.28. The van der Waals surface area contributed by atoms with E-state index in [9.17, 15) is 4.79 Å². The molecule has 0 aliphatic rings. The molecule has 8 heteroatoms. The maximum absolute atomic E-state index is 10.8. The Hall–Kier alpha value is -2.32. The summed E-state index contributed by atoms with van der Waals surface area (Å²) in [5, 5.41) is 14.1. The van der Waals surface area contributed by atoms with Gasteiger partial charge >= 0.3 is 5.97 Å². The molecule has 1 heterocycles. The lowest BCUT2D eigenvalue weighted by molar-refractivity contribution is -0.138. The standard InChI is InChI=1S/C13H15N3O4S/c1-19-9-4-3-7(5-10(9)20-2)15-13-16-8(6-21-13)11(14)12(17)18/h3-6,11H,14H2,1-2H3,(H,15,16)(H,17,18). The number of hydrogen-bond donors (Lipinski definition) is 3. The van der Waals surface area contributed by atoms with Gasteiger partial charge < -0.3 is 25.6 Å². The molecule has 0 bridgehead atoms. The fraction of sp³-hybridized carbons (Fsp3) is 0.231. The molecule has 112 valence electrons. The molecular formula is C13H15N3O4S. The summed E-state index contributed by atoms with van der Waals surface area (Å²) in [6.07, 6.45) is 0. The highest BCUT2D eigenvalue weighted by Crippen LogP contribution is 2.32. The Morgan fingerprint density at radius 2 is 2.10 bits per heavy atom. The highest BCUT2D eigenvalue weighted by atomic mass is 32.1. The zero-order valence-electron chi connectivity index (χ0n) is 11.5. The van der Waals surface area contributed by atoms with E-state index in [0.29, 0.717) is 22.3 Å². The van der Waals surface area contributed by atoms with E-state index in [1.165, 1.54) is 11.3 Å². The average Bonchev–Trinajstić information content (AvgIpc) is 2.94. The lowest BCUT2D eigenvalue weighted by Crippen LogP contribution is -2.20. The Balaban J connectivity index is 2.17. The second kappa shape index (κ2) is 6.42. The van der Waals surface area contributed by atoms with Gasteiger partial charge in [0.1, 0.15) is 6.04 Å². The molecule has 7 nitrogen and oxygen atoms in total. The third-order valence-electron chi connectivity index (χ3n) is 2.74. The maximum atomic E-state index is 10.8. The van der Waals surface area contributed by atoms with E-state index < -0.39 is 12.0 Å². The Kier molecular flexibility index (Phi) is 4.61. The molecule has 4 N–H and O–H groups in total. The van der Waals surface area contributed by atoms with Crippen molar-refractivity contribution in [2.24, 2.45) is 5.73 Å². The first kappa shape index (κ1) is 15.1. The van der Waals surface area contributed by atoms with Crippen LogP contribution in [0.4, 0.5) is 10.8 Å². The molecule has 0 radical (unpaired) electrons. The molecule has 2 rings (SSSR count). The van der Waals surface area contributed by atoms with Gasteiger partial charge in [-0.3, -0.25) is 4.79 Å². The number of ether oxygens (including phenoxy) is 2. The SMILES string of the molecule is COc1ccc(Nc2nc(C(N)C(=O)O)cs2)cc1OC. The van der Waals surface area contributed by atoms with Gasteiger partial charge in [-0.2, -0.15) is 0 Å². The first-order valence-electron chi connectivity index (χ1n) is 5.98. The molecule has 0 fully saturated rings. The van der Waals surface area contributed by atoms with E-state index in [2.05, 4.69) is 10.3 Å². The zero-order chi connectivity index (χ0) is 15.4. The van der Waals surface area contributed by atoms with E-state index in [1.54, 1.807) is 37.8 Å². The fourth-order valence-corrected chi connectivity index (χ4v) is 2.42. The number of carbonyl (C=O) groups is 1. The smallest absolute Gasteiger partial charge is 0.326 e. The number of nitrogens with zero attached hydrogens (tertiary/aromatic N) is 1. The van der Waals surface area contributed by atoms with Crippen LogP contribution in [0.2, 0.25) is 0 Å². The van der Waals surface area contributed by atoms with Gasteiger partial charge in [-0.1, -0.05) is 0 Å². The van der Waals surface area contributed by atoms with Gasteiger partial charge in [-0.25, -0.2) is 4.98 Å². The van der Waals surface area contributed by atoms with Gasteiger partial charge in [0.15, 0.2) is 16.6 Å². The highest BCUT2D eigenvalue weighted by Gasteiger charge is 2.17. The molecule has 0 amide bonds. The number of hydrogen-bond acceptors (Lipinski definition) is 7. The number of rotatable bonds is 6. The van der Waals surface area contributed by atoms with Crippen molar-refractivity contribution in [3.05, 3.63) is 29.3 Å². The quantitative estimate of drug-likeness (QED) is 0.749. The number of aromatic nitrogens is 1. The van der Waals surface area contributed by atoms with Gasteiger partial charge in [-0.15, -0.1) is 11.3 Å². The number of nitrogens with two attached hydrogens (primary N) is 1. The van der Waals surface area contributed by atoms with E-state index in [0.717, 1.165) is 5.69 Å². The van der Waals surface area contributed by atoms with Crippen molar-refractivity contribution >= 4 is 28.1 Å². The van der Waals surface area contributed by atoms with Crippen LogP contribution in [0.15, 0.2) is 23.6 Å². The normalized spacial score (nSPS) is 11.8. The molecule has 0 aliphatic heterocycles. The van der Waals surface area contributed by atoms with E-state index in [1.807, 2.05) is 0 Å². The van der Waals surface area contributed by atoms with Crippen LogP contribution in [0.5, 0.6) is 11.5 Å². The number of benzene rings is 1. The molecule has 0 saturated heterocycles. The largest absolute Gasteiger partial charge is 0.493 e. The number of aliphatic carboxylic acids is 1. The zero-order valence-corrected chi connectivity index (χ0v) is 12.3. The second-order valence-electron chi connectivity index (χ2n) is 4.09. The van der Waals surface area contributed by atoms with Crippen molar-refractivity contribution in [2.75, 3.05) is 19.5 Å². The lowest BCUT2D eigenvalue weighted by atomic mass is 10.2. The van der Waals surface area contributed by atoms with Crippen LogP contribution in [0.3, 0.4) is 0 Å². The van der Waals surface area contributed by atoms with Gasteiger partial charge in [-0.05, 0) is 12.1 Å². The number of nitrogens with one attached hydrogen (secondary N) is 1. The minimum Gasteiger partial charge on any atom is -0.493 e. The topological polar surface area (TPSA) is 107 Å². The second-order valence-corrected chi connectivity index (χ2v) is 4.95. The summed E-state index contributed by atoms with van der Waals surface area (Å²) in [6, 6.07) is 4.21.